The van der Waals surface area contributed by atoms with Crippen molar-refractivity contribution >= 4 is 28.3 Å². The van der Waals surface area contributed by atoms with Crippen LogP contribution in [0.5, 0.6) is 11.5 Å². The average Bonchev–Trinajstić information content (AvgIpc) is 3.39. The summed E-state index contributed by atoms with van der Waals surface area (Å²) in [6, 6.07) is 8.53. The van der Waals surface area contributed by atoms with Gasteiger partial charge in [-0.15, -0.1) is 0 Å². The first-order valence-corrected chi connectivity index (χ1v) is 10.0. The van der Waals surface area contributed by atoms with E-state index in [9.17, 15) is 9.59 Å². The highest BCUT2D eigenvalue weighted by Crippen LogP contribution is 2.42. The number of hydrogen-bond donors (Lipinski definition) is 0. The minimum atomic E-state index is -0.232. The maximum atomic E-state index is 13.7. The van der Waals surface area contributed by atoms with Crippen LogP contribution in [0.4, 0.5) is 0 Å². The molecule has 0 saturated heterocycles. The summed E-state index contributed by atoms with van der Waals surface area (Å²) in [4.78, 5) is 31.0. The summed E-state index contributed by atoms with van der Waals surface area (Å²) in [6.45, 7) is 0.940. The second-order valence-electron chi connectivity index (χ2n) is 7.25. The highest BCUT2D eigenvalue weighted by atomic mass is 35.5. The number of fused-ring (bicyclic) bond motifs is 5. The summed E-state index contributed by atoms with van der Waals surface area (Å²) in [6.07, 6.45) is 5.23. The molecule has 0 aliphatic heterocycles. The third-order valence-corrected chi connectivity index (χ3v) is 5.87. The molecule has 1 aliphatic rings. The minimum absolute atomic E-state index is 0.219. The van der Waals surface area contributed by atoms with Crippen LogP contribution in [0.1, 0.15) is 15.9 Å². The maximum Gasteiger partial charge on any atom is 0.259 e. The molecule has 2 aromatic carbocycles. The molecule has 0 amide bonds. The predicted molar refractivity (Wildman–Crippen MR) is 117 cm³/mol. The van der Waals surface area contributed by atoms with E-state index in [1.807, 2.05) is 10.8 Å². The number of ketones is 1. The van der Waals surface area contributed by atoms with Crippen molar-refractivity contribution in [2.75, 3.05) is 14.2 Å². The van der Waals surface area contributed by atoms with Crippen LogP contribution in [0.25, 0.3) is 22.0 Å². The standard InChI is InChI=1S/C23H18ClN3O4/c1-30-18-10-16-17(11-19(18)31-2)27(8-7-26-6-5-25-12-26)23(29)21-14-4-3-13(24)9-15(14)22(28)20(16)21/h3-6,9-12H,7-8H2,1-2H3. The zero-order valence-corrected chi connectivity index (χ0v) is 17.6. The lowest BCUT2D eigenvalue weighted by molar-refractivity contribution is 0.104. The van der Waals surface area contributed by atoms with E-state index >= 15 is 0 Å². The number of imidazole rings is 1. The molecule has 4 aromatic rings. The molecular weight excluding hydrogens is 418 g/mol. The molecule has 0 unspecified atom stereocenters. The Kier molecular flexibility index (Phi) is 4.55. The third-order valence-electron chi connectivity index (χ3n) is 5.63. The van der Waals surface area contributed by atoms with E-state index in [1.165, 1.54) is 14.2 Å². The topological polar surface area (TPSA) is 75.3 Å². The number of halogens is 1. The highest BCUT2D eigenvalue weighted by molar-refractivity contribution is 6.33. The van der Waals surface area contributed by atoms with Gasteiger partial charge in [0, 0.05) is 53.1 Å². The van der Waals surface area contributed by atoms with E-state index in [0.29, 0.717) is 62.8 Å². The number of ether oxygens (including phenoxy) is 2. The zero-order valence-electron chi connectivity index (χ0n) is 16.9. The Morgan fingerprint density at radius 3 is 2.45 bits per heavy atom. The highest BCUT2D eigenvalue weighted by Gasteiger charge is 2.33. The molecule has 0 radical (unpaired) electrons. The van der Waals surface area contributed by atoms with E-state index < -0.39 is 0 Å². The summed E-state index contributed by atoms with van der Waals surface area (Å²) < 4.78 is 14.5. The van der Waals surface area contributed by atoms with Crippen molar-refractivity contribution in [3.05, 3.63) is 75.6 Å². The molecule has 5 rings (SSSR count). The van der Waals surface area contributed by atoms with Crippen molar-refractivity contribution in [2.24, 2.45) is 0 Å². The lowest BCUT2D eigenvalue weighted by Gasteiger charge is -2.17. The molecule has 156 valence electrons. The van der Waals surface area contributed by atoms with Crippen molar-refractivity contribution in [3.63, 3.8) is 0 Å². The number of carbonyl (C=O) groups excluding carboxylic acids is 1. The Morgan fingerprint density at radius 1 is 0.968 bits per heavy atom. The van der Waals surface area contributed by atoms with Crippen LogP contribution in [0.3, 0.4) is 0 Å². The second kappa shape index (κ2) is 7.28. The van der Waals surface area contributed by atoms with Gasteiger partial charge in [-0.25, -0.2) is 4.98 Å². The van der Waals surface area contributed by atoms with Crippen molar-refractivity contribution < 1.29 is 14.3 Å². The lowest BCUT2D eigenvalue weighted by Crippen LogP contribution is -2.25. The van der Waals surface area contributed by atoms with E-state index in [0.717, 1.165) is 0 Å². The van der Waals surface area contributed by atoms with Gasteiger partial charge in [0.2, 0.25) is 0 Å². The van der Waals surface area contributed by atoms with Crippen molar-refractivity contribution in [1.29, 1.82) is 0 Å². The Hall–Kier alpha value is -3.58. The average molecular weight is 436 g/mol. The molecule has 0 atom stereocenters. The molecule has 0 bridgehead atoms. The van der Waals surface area contributed by atoms with Gasteiger partial charge in [0.1, 0.15) is 0 Å². The lowest BCUT2D eigenvalue weighted by atomic mass is 10.0. The van der Waals surface area contributed by atoms with Gasteiger partial charge < -0.3 is 18.6 Å². The molecule has 7 nitrogen and oxygen atoms in total. The second-order valence-corrected chi connectivity index (χ2v) is 7.69. The number of hydrogen-bond acceptors (Lipinski definition) is 5. The monoisotopic (exact) mass is 435 g/mol. The first-order chi connectivity index (χ1) is 15.0. The molecule has 2 aromatic heterocycles. The maximum absolute atomic E-state index is 13.7. The smallest absolute Gasteiger partial charge is 0.259 e. The summed E-state index contributed by atoms with van der Waals surface area (Å²) >= 11 is 6.13. The summed E-state index contributed by atoms with van der Waals surface area (Å²) in [5, 5.41) is 1.08. The molecule has 31 heavy (non-hydrogen) atoms. The number of methoxy groups -OCH3 is 2. The van der Waals surface area contributed by atoms with Crippen LogP contribution >= 0.6 is 11.6 Å². The SMILES string of the molecule is COc1cc2c3c(c(=O)n(CCn4ccnc4)c2cc1OC)-c1ccc(Cl)cc1C3=O. The van der Waals surface area contributed by atoms with E-state index in [4.69, 9.17) is 21.1 Å². The van der Waals surface area contributed by atoms with Crippen LogP contribution in [0, 0.1) is 0 Å². The van der Waals surface area contributed by atoms with E-state index in [-0.39, 0.29) is 11.3 Å². The Balaban J connectivity index is 1.83. The molecule has 2 heterocycles. The van der Waals surface area contributed by atoms with Crippen LogP contribution in [0.15, 0.2) is 53.8 Å². The molecular formula is C23H18ClN3O4. The normalized spacial score (nSPS) is 12.2. The molecule has 8 heteroatoms. The molecule has 0 fully saturated rings. The Bertz CT molecular complexity index is 1410. The fourth-order valence-corrected chi connectivity index (χ4v) is 4.35. The van der Waals surface area contributed by atoms with Gasteiger partial charge in [-0.1, -0.05) is 17.7 Å². The molecule has 0 spiro atoms. The Morgan fingerprint density at radius 2 is 1.74 bits per heavy atom. The van der Waals surface area contributed by atoms with Crippen molar-refractivity contribution in [2.45, 2.75) is 13.1 Å². The van der Waals surface area contributed by atoms with Crippen molar-refractivity contribution in [3.8, 4) is 22.6 Å². The van der Waals surface area contributed by atoms with Crippen LogP contribution < -0.4 is 15.0 Å². The summed E-state index contributed by atoms with van der Waals surface area (Å²) in [5.74, 6) is 0.749. The van der Waals surface area contributed by atoms with E-state index in [1.54, 1.807) is 47.4 Å². The molecule has 1 aliphatic carbocycles. The minimum Gasteiger partial charge on any atom is -0.493 e. The number of aryl methyl sites for hydroxylation is 2. The Labute approximate surface area is 182 Å². The number of pyridine rings is 1. The van der Waals surface area contributed by atoms with Gasteiger partial charge in [0.05, 0.1) is 31.6 Å². The number of benzene rings is 2. The predicted octanol–water partition coefficient (Wildman–Crippen LogP) is 3.78. The zero-order chi connectivity index (χ0) is 21.7. The number of aromatic nitrogens is 3. The van der Waals surface area contributed by atoms with Gasteiger partial charge in [0.25, 0.3) is 5.56 Å². The fraction of sp³-hybridized carbons (Fsp3) is 0.174. The van der Waals surface area contributed by atoms with Gasteiger partial charge in [-0.2, -0.15) is 0 Å². The molecule has 0 N–H and O–H groups in total. The van der Waals surface area contributed by atoms with Crippen LogP contribution in [0.2, 0.25) is 5.02 Å². The number of rotatable bonds is 5. The first-order valence-electron chi connectivity index (χ1n) is 9.66. The van der Waals surface area contributed by atoms with Crippen LogP contribution in [-0.4, -0.2) is 34.1 Å². The van der Waals surface area contributed by atoms with Gasteiger partial charge in [0.15, 0.2) is 17.3 Å². The quantitative estimate of drug-likeness (QED) is 0.420. The largest absolute Gasteiger partial charge is 0.493 e. The number of carbonyl (C=O) groups is 1. The summed E-state index contributed by atoms with van der Waals surface area (Å²) in [5.41, 5.74) is 2.17. The van der Waals surface area contributed by atoms with Gasteiger partial charge in [-0.3, -0.25) is 9.59 Å². The first kappa shape index (κ1) is 19.4. The van der Waals surface area contributed by atoms with Crippen LogP contribution in [-0.2, 0) is 13.1 Å². The summed E-state index contributed by atoms with van der Waals surface area (Å²) in [7, 11) is 3.07. The van der Waals surface area contributed by atoms with Crippen molar-refractivity contribution in [1.82, 2.24) is 14.1 Å². The fourth-order valence-electron chi connectivity index (χ4n) is 4.18. The number of nitrogens with zero attached hydrogens (tertiary/aromatic N) is 3. The third kappa shape index (κ3) is 2.92. The van der Waals surface area contributed by atoms with Gasteiger partial charge >= 0.3 is 0 Å². The molecule has 0 saturated carbocycles. The van der Waals surface area contributed by atoms with E-state index in [2.05, 4.69) is 4.98 Å². The van der Waals surface area contributed by atoms with Gasteiger partial charge in [-0.05, 0) is 23.8 Å².